The maximum Gasteiger partial charge on any atom is 0.330 e. The molecule has 0 heterocycles. The van der Waals surface area contributed by atoms with Gasteiger partial charge in [-0.25, -0.2) is 4.79 Å². The third-order valence-electron chi connectivity index (χ3n) is 4.18. The minimum atomic E-state index is -1.86. The van der Waals surface area contributed by atoms with Gasteiger partial charge in [0.05, 0.1) is 6.10 Å². The lowest BCUT2D eigenvalue weighted by Crippen LogP contribution is -2.44. The molecule has 0 amide bonds. The van der Waals surface area contributed by atoms with Crippen molar-refractivity contribution in [2.24, 2.45) is 0 Å². The number of carbonyl (C=O) groups is 1. The Morgan fingerprint density at radius 3 is 2.15 bits per heavy atom. The molecule has 0 aromatic carbocycles. The van der Waals surface area contributed by atoms with Crippen molar-refractivity contribution in [1.29, 1.82) is 0 Å². The average Bonchev–Trinajstić information content (AvgIpc) is 2.31. The predicted octanol–water partition coefficient (Wildman–Crippen LogP) is 4.76. The second-order valence-corrected chi connectivity index (χ2v) is 11.6. The van der Waals surface area contributed by atoms with Crippen LogP contribution in [0.3, 0.4) is 0 Å². The Morgan fingerprint density at radius 2 is 1.80 bits per heavy atom. The Labute approximate surface area is 124 Å². The van der Waals surface area contributed by atoms with E-state index in [4.69, 9.17) is 9.53 Å². The van der Waals surface area contributed by atoms with E-state index in [0.717, 1.165) is 5.57 Å². The van der Waals surface area contributed by atoms with Gasteiger partial charge in [-0.2, -0.15) is 0 Å². The smallest absolute Gasteiger partial charge is 0.330 e. The topological polar surface area (TPSA) is 46.5 Å². The first-order valence-electron chi connectivity index (χ1n) is 7.13. The van der Waals surface area contributed by atoms with Gasteiger partial charge in [0, 0.05) is 5.57 Å². The van der Waals surface area contributed by atoms with Crippen LogP contribution in [0.2, 0.25) is 18.1 Å². The van der Waals surface area contributed by atoms with Gasteiger partial charge in [0.2, 0.25) is 0 Å². The molecule has 3 nitrogen and oxygen atoms in total. The zero-order chi connectivity index (χ0) is 16.1. The maximum atomic E-state index is 10.9. The number of rotatable bonds is 6. The van der Waals surface area contributed by atoms with Crippen molar-refractivity contribution in [3.8, 4) is 0 Å². The van der Waals surface area contributed by atoms with Gasteiger partial charge in [0.1, 0.15) is 0 Å². The van der Waals surface area contributed by atoms with Crippen LogP contribution in [-0.2, 0) is 9.22 Å². The van der Waals surface area contributed by atoms with E-state index < -0.39 is 14.3 Å². The molecular formula is C16H30O3Si. The lowest BCUT2D eigenvalue weighted by Gasteiger charge is -2.39. The maximum absolute atomic E-state index is 10.9. The van der Waals surface area contributed by atoms with E-state index in [-0.39, 0.29) is 11.1 Å². The van der Waals surface area contributed by atoms with Gasteiger partial charge < -0.3 is 9.53 Å². The summed E-state index contributed by atoms with van der Waals surface area (Å²) in [5, 5.41) is 9.08. The molecular weight excluding hydrogens is 268 g/mol. The highest BCUT2D eigenvalue weighted by atomic mass is 28.4. The first-order chi connectivity index (χ1) is 8.92. The fourth-order valence-electron chi connectivity index (χ4n) is 1.42. The van der Waals surface area contributed by atoms with Crippen molar-refractivity contribution in [1.82, 2.24) is 0 Å². The van der Waals surface area contributed by atoms with Gasteiger partial charge in [0.25, 0.3) is 0 Å². The summed E-state index contributed by atoms with van der Waals surface area (Å²) < 4.78 is 6.42. The standard InChI is InChI=1S/C16H30O3Si/c1-9-12(2)14(11-10-13(3)15(17)18)19-20(7,8)16(4,5)6/h9-10,14H,11H2,1-8H3,(H,17,18)/t14-/m1/s1. The number of hydrogen-bond acceptors (Lipinski definition) is 2. The molecule has 0 bridgehead atoms. The fourth-order valence-corrected chi connectivity index (χ4v) is 2.76. The quantitative estimate of drug-likeness (QED) is 0.437. The molecule has 0 spiro atoms. The number of carboxylic acids is 1. The highest BCUT2D eigenvalue weighted by Crippen LogP contribution is 2.38. The molecule has 20 heavy (non-hydrogen) atoms. The summed E-state index contributed by atoms with van der Waals surface area (Å²) >= 11 is 0. The van der Waals surface area contributed by atoms with Crippen LogP contribution in [0.4, 0.5) is 0 Å². The molecule has 0 rings (SSSR count). The zero-order valence-electron chi connectivity index (χ0n) is 14.2. The van der Waals surface area contributed by atoms with E-state index in [1.807, 2.05) is 19.9 Å². The molecule has 0 aliphatic rings. The van der Waals surface area contributed by atoms with Crippen LogP contribution < -0.4 is 0 Å². The molecule has 1 N–H and O–H groups in total. The van der Waals surface area contributed by atoms with Crippen LogP contribution >= 0.6 is 0 Å². The predicted molar refractivity (Wildman–Crippen MR) is 87.5 cm³/mol. The van der Waals surface area contributed by atoms with Crippen molar-refractivity contribution < 1.29 is 14.3 Å². The minimum Gasteiger partial charge on any atom is -0.478 e. The average molecular weight is 298 g/mol. The molecule has 116 valence electrons. The van der Waals surface area contributed by atoms with Crippen LogP contribution in [0, 0.1) is 0 Å². The Balaban J connectivity index is 5.12. The molecule has 0 fully saturated rings. The van der Waals surface area contributed by atoms with Crippen LogP contribution in [0.15, 0.2) is 23.3 Å². The third-order valence-corrected chi connectivity index (χ3v) is 8.67. The first kappa shape index (κ1) is 19.1. The summed E-state index contributed by atoms with van der Waals surface area (Å²) in [6.45, 7) is 16.7. The van der Waals surface area contributed by atoms with E-state index >= 15 is 0 Å². The largest absolute Gasteiger partial charge is 0.478 e. The SMILES string of the molecule is CC=C(C)[C@@H](CC=C(C)C(=O)O)O[Si](C)(C)C(C)(C)C. The molecule has 0 saturated heterocycles. The number of carboxylic acid groups (broad SMARTS) is 1. The van der Waals surface area contributed by atoms with Crippen molar-refractivity contribution in [2.45, 2.75) is 72.2 Å². The van der Waals surface area contributed by atoms with Gasteiger partial charge in [-0.15, -0.1) is 0 Å². The number of hydrogen-bond donors (Lipinski definition) is 1. The summed E-state index contributed by atoms with van der Waals surface area (Å²) in [5.41, 5.74) is 1.53. The molecule has 1 atom stereocenters. The fraction of sp³-hybridized carbons (Fsp3) is 0.688. The second kappa shape index (κ2) is 7.23. The van der Waals surface area contributed by atoms with Crippen molar-refractivity contribution in [3.63, 3.8) is 0 Å². The minimum absolute atomic E-state index is 0.0322. The third kappa shape index (κ3) is 5.63. The Hall–Kier alpha value is -0.873. The molecule has 4 heteroatoms. The second-order valence-electron chi connectivity index (χ2n) is 6.83. The van der Waals surface area contributed by atoms with Gasteiger partial charge in [-0.05, 0) is 50.9 Å². The molecule has 0 aliphatic heterocycles. The zero-order valence-corrected chi connectivity index (χ0v) is 15.2. The van der Waals surface area contributed by atoms with Crippen molar-refractivity contribution >= 4 is 14.3 Å². The number of allylic oxidation sites excluding steroid dienone is 1. The highest BCUT2D eigenvalue weighted by molar-refractivity contribution is 6.74. The summed E-state index contributed by atoms with van der Waals surface area (Å²) in [7, 11) is -1.86. The Morgan fingerprint density at radius 1 is 1.30 bits per heavy atom. The molecule has 0 aliphatic carbocycles. The summed E-state index contributed by atoms with van der Waals surface area (Å²) in [5.74, 6) is -0.866. The van der Waals surface area contributed by atoms with Crippen LogP contribution in [0.25, 0.3) is 0 Å². The molecule has 0 aromatic rings. The highest BCUT2D eigenvalue weighted by Gasteiger charge is 2.39. The van der Waals surface area contributed by atoms with Crippen LogP contribution in [-0.4, -0.2) is 25.5 Å². The van der Waals surface area contributed by atoms with Crippen LogP contribution in [0.5, 0.6) is 0 Å². The Kier molecular flexibility index (Phi) is 6.91. The first-order valence-corrected chi connectivity index (χ1v) is 10.0. The summed E-state index contributed by atoms with van der Waals surface area (Å²) in [6.07, 6.45) is 4.38. The molecule has 0 radical (unpaired) electrons. The van der Waals surface area contributed by atoms with Gasteiger partial charge >= 0.3 is 5.97 Å². The Bertz CT molecular complexity index is 400. The van der Waals surface area contributed by atoms with Gasteiger partial charge in [-0.1, -0.05) is 32.9 Å². The monoisotopic (exact) mass is 298 g/mol. The summed E-state index contributed by atoms with van der Waals surface area (Å²) in [6, 6.07) is 0. The van der Waals surface area contributed by atoms with E-state index in [9.17, 15) is 4.79 Å². The van der Waals surface area contributed by atoms with Crippen LogP contribution in [0.1, 0.15) is 48.0 Å². The summed E-state index contributed by atoms with van der Waals surface area (Å²) in [4.78, 5) is 10.9. The van der Waals surface area contributed by atoms with E-state index in [0.29, 0.717) is 12.0 Å². The van der Waals surface area contributed by atoms with Gasteiger partial charge in [-0.3, -0.25) is 0 Å². The van der Waals surface area contributed by atoms with E-state index in [1.54, 1.807) is 13.0 Å². The van der Waals surface area contributed by atoms with Gasteiger partial charge in [0.15, 0.2) is 8.32 Å². The molecule has 0 unspecified atom stereocenters. The van der Waals surface area contributed by atoms with Crippen molar-refractivity contribution in [2.75, 3.05) is 0 Å². The molecule has 0 aromatic heterocycles. The lowest BCUT2D eigenvalue weighted by molar-refractivity contribution is -0.132. The number of aliphatic carboxylic acids is 1. The molecule has 0 saturated carbocycles. The van der Waals surface area contributed by atoms with Crippen molar-refractivity contribution in [3.05, 3.63) is 23.3 Å². The van der Waals surface area contributed by atoms with E-state index in [1.165, 1.54) is 0 Å². The van der Waals surface area contributed by atoms with E-state index in [2.05, 4.69) is 33.9 Å². The normalized spacial score (nSPS) is 16.2. The lowest BCUT2D eigenvalue weighted by atomic mass is 10.1.